The van der Waals surface area contributed by atoms with Crippen LogP contribution in [-0.2, 0) is 29.1 Å². The van der Waals surface area contributed by atoms with Crippen molar-refractivity contribution in [1.82, 2.24) is 14.8 Å². The second-order valence-electron chi connectivity index (χ2n) is 6.42. The number of rotatable bonds is 3. The van der Waals surface area contributed by atoms with Crippen LogP contribution in [0.15, 0.2) is 36.0 Å². The van der Waals surface area contributed by atoms with Crippen LogP contribution in [0.3, 0.4) is 0 Å². The van der Waals surface area contributed by atoms with E-state index in [1.54, 1.807) is 28.6 Å². The highest BCUT2D eigenvalue weighted by molar-refractivity contribution is 7.10. The summed E-state index contributed by atoms with van der Waals surface area (Å²) < 4.78 is 0. The van der Waals surface area contributed by atoms with Crippen molar-refractivity contribution in [3.05, 3.63) is 52.0 Å². The molecule has 2 aromatic heterocycles. The third-order valence-corrected chi connectivity index (χ3v) is 5.80. The van der Waals surface area contributed by atoms with Crippen molar-refractivity contribution < 1.29 is 9.59 Å². The number of pyridine rings is 1. The lowest BCUT2D eigenvalue weighted by Crippen LogP contribution is -2.40. The van der Waals surface area contributed by atoms with Crippen molar-refractivity contribution >= 4 is 23.2 Å². The van der Waals surface area contributed by atoms with Crippen molar-refractivity contribution in [3.63, 3.8) is 0 Å². The summed E-state index contributed by atoms with van der Waals surface area (Å²) >= 11 is 1.77. The summed E-state index contributed by atoms with van der Waals surface area (Å²) in [4.78, 5) is 34.3. The van der Waals surface area contributed by atoms with Gasteiger partial charge >= 0.3 is 0 Å². The van der Waals surface area contributed by atoms with E-state index < -0.39 is 0 Å². The average molecular weight is 341 g/mol. The summed E-state index contributed by atoms with van der Waals surface area (Å²) in [7, 11) is 0. The van der Waals surface area contributed by atoms with Crippen LogP contribution in [0.1, 0.15) is 22.4 Å². The van der Waals surface area contributed by atoms with Crippen molar-refractivity contribution in [1.29, 1.82) is 0 Å². The van der Waals surface area contributed by atoms with Gasteiger partial charge in [-0.3, -0.25) is 14.6 Å². The van der Waals surface area contributed by atoms with Crippen LogP contribution >= 0.6 is 11.3 Å². The first-order chi connectivity index (χ1) is 11.7. The highest BCUT2D eigenvalue weighted by Gasteiger charge is 2.37. The third kappa shape index (κ3) is 2.94. The Morgan fingerprint density at radius 3 is 3.12 bits per heavy atom. The molecule has 6 heteroatoms. The molecule has 2 aromatic rings. The molecule has 0 saturated carbocycles. The standard InChI is InChI=1S/C18H19N3O2S/c22-17-8-15(12-21(17)10-13-2-1-5-19-9-13)18(23)20-6-3-16-14(11-20)4-7-24-16/h1-2,4-5,7,9,15H,3,6,8,10-12H2/t15-/m1/s1. The molecule has 124 valence electrons. The largest absolute Gasteiger partial charge is 0.338 e. The molecule has 2 aliphatic rings. The van der Waals surface area contributed by atoms with Crippen LogP contribution in [0.2, 0.25) is 0 Å². The summed E-state index contributed by atoms with van der Waals surface area (Å²) in [5, 5.41) is 2.09. The van der Waals surface area contributed by atoms with Crippen LogP contribution in [0.4, 0.5) is 0 Å². The van der Waals surface area contributed by atoms with Crippen LogP contribution < -0.4 is 0 Å². The van der Waals surface area contributed by atoms with Crippen LogP contribution in [0.5, 0.6) is 0 Å². The third-order valence-electron chi connectivity index (χ3n) is 4.78. The Kier molecular flexibility index (Phi) is 4.06. The fraction of sp³-hybridized carbons (Fsp3) is 0.389. The van der Waals surface area contributed by atoms with Crippen molar-refractivity contribution in [2.75, 3.05) is 13.1 Å². The summed E-state index contributed by atoms with van der Waals surface area (Å²) in [6.45, 7) is 2.50. The van der Waals surface area contributed by atoms with Gasteiger partial charge in [0.05, 0.1) is 5.92 Å². The first kappa shape index (κ1) is 15.3. The summed E-state index contributed by atoms with van der Waals surface area (Å²) in [6.07, 6.45) is 4.74. The molecule has 1 saturated heterocycles. The quantitative estimate of drug-likeness (QED) is 0.859. The summed E-state index contributed by atoms with van der Waals surface area (Å²) in [5.41, 5.74) is 2.26. The Morgan fingerprint density at radius 2 is 2.29 bits per heavy atom. The second kappa shape index (κ2) is 6.36. The number of fused-ring (bicyclic) bond motifs is 1. The Morgan fingerprint density at radius 1 is 1.38 bits per heavy atom. The molecule has 0 radical (unpaired) electrons. The van der Waals surface area contributed by atoms with E-state index in [2.05, 4.69) is 16.4 Å². The Labute approximate surface area is 144 Å². The topological polar surface area (TPSA) is 53.5 Å². The Bertz CT molecular complexity index is 759. The van der Waals surface area contributed by atoms with Gasteiger partial charge in [-0.15, -0.1) is 11.3 Å². The first-order valence-electron chi connectivity index (χ1n) is 8.21. The molecule has 5 nitrogen and oxygen atoms in total. The highest BCUT2D eigenvalue weighted by Crippen LogP contribution is 2.27. The number of thiophene rings is 1. The molecule has 1 fully saturated rings. The van der Waals surface area contributed by atoms with E-state index in [9.17, 15) is 9.59 Å². The molecule has 0 unspecified atom stereocenters. The molecule has 1 atom stereocenters. The average Bonchev–Trinajstić information content (AvgIpc) is 3.21. The van der Waals surface area contributed by atoms with Gasteiger partial charge in [0.15, 0.2) is 0 Å². The molecule has 0 aromatic carbocycles. The normalized spacial score (nSPS) is 20.3. The monoisotopic (exact) mass is 341 g/mol. The number of nitrogens with zero attached hydrogens (tertiary/aromatic N) is 3. The number of amides is 2. The zero-order valence-corrected chi connectivity index (χ0v) is 14.2. The summed E-state index contributed by atoms with van der Waals surface area (Å²) in [6, 6.07) is 5.93. The second-order valence-corrected chi connectivity index (χ2v) is 7.42. The zero-order chi connectivity index (χ0) is 16.5. The minimum atomic E-state index is -0.214. The van der Waals surface area contributed by atoms with Crippen molar-refractivity contribution in [2.24, 2.45) is 5.92 Å². The van der Waals surface area contributed by atoms with Gasteiger partial charge in [-0.05, 0) is 35.1 Å². The molecule has 0 aliphatic carbocycles. The van der Waals surface area contributed by atoms with Crippen molar-refractivity contribution in [3.8, 4) is 0 Å². The van der Waals surface area contributed by atoms with E-state index in [4.69, 9.17) is 0 Å². The lowest BCUT2D eigenvalue weighted by atomic mass is 10.0. The molecule has 4 heterocycles. The number of aromatic nitrogens is 1. The minimum absolute atomic E-state index is 0.0606. The van der Waals surface area contributed by atoms with Gasteiger partial charge in [0.25, 0.3) is 0 Å². The molecular weight excluding hydrogens is 322 g/mol. The molecule has 0 bridgehead atoms. The van der Waals surface area contributed by atoms with Gasteiger partial charge in [-0.1, -0.05) is 6.07 Å². The van der Waals surface area contributed by atoms with Gasteiger partial charge in [0, 0.05) is 49.9 Å². The molecule has 0 spiro atoms. The predicted molar refractivity (Wildman–Crippen MR) is 91.2 cm³/mol. The van der Waals surface area contributed by atoms with E-state index in [0.717, 1.165) is 18.5 Å². The van der Waals surface area contributed by atoms with E-state index >= 15 is 0 Å². The molecule has 2 amide bonds. The maximum Gasteiger partial charge on any atom is 0.228 e. The van der Waals surface area contributed by atoms with Crippen LogP contribution in [-0.4, -0.2) is 39.7 Å². The van der Waals surface area contributed by atoms with Crippen LogP contribution in [0.25, 0.3) is 0 Å². The highest BCUT2D eigenvalue weighted by atomic mass is 32.1. The van der Waals surface area contributed by atoms with E-state index in [-0.39, 0.29) is 17.7 Å². The van der Waals surface area contributed by atoms with E-state index in [1.807, 2.05) is 17.0 Å². The Hall–Kier alpha value is -2.21. The number of hydrogen-bond acceptors (Lipinski definition) is 4. The van der Waals surface area contributed by atoms with E-state index in [0.29, 0.717) is 26.1 Å². The number of hydrogen-bond donors (Lipinski definition) is 0. The number of carbonyl (C=O) groups is 2. The van der Waals surface area contributed by atoms with E-state index in [1.165, 1.54) is 10.4 Å². The maximum atomic E-state index is 12.8. The zero-order valence-electron chi connectivity index (χ0n) is 13.4. The summed E-state index contributed by atoms with van der Waals surface area (Å²) in [5.74, 6) is -0.0336. The fourth-order valence-electron chi connectivity index (χ4n) is 3.50. The van der Waals surface area contributed by atoms with Gasteiger partial charge < -0.3 is 9.80 Å². The fourth-order valence-corrected chi connectivity index (χ4v) is 4.39. The molecule has 4 rings (SSSR count). The van der Waals surface area contributed by atoms with Crippen LogP contribution in [0, 0.1) is 5.92 Å². The first-order valence-corrected chi connectivity index (χ1v) is 9.09. The van der Waals surface area contributed by atoms with Gasteiger partial charge in [-0.25, -0.2) is 0 Å². The molecular formula is C18H19N3O2S. The lowest BCUT2D eigenvalue weighted by Gasteiger charge is -2.29. The van der Waals surface area contributed by atoms with Gasteiger partial charge in [0.2, 0.25) is 11.8 Å². The maximum absolute atomic E-state index is 12.8. The van der Waals surface area contributed by atoms with Crippen molar-refractivity contribution in [2.45, 2.75) is 25.9 Å². The molecule has 2 aliphatic heterocycles. The SMILES string of the molecule is O=C1C[C@@H](C(=O)N2CCc3sccc3C2)CN1Cc1cccnc1. The number of carbonyl (C=O) groups excluding carboxylic acids is 2. The molecule has 24 heavy (non-hydrogen) atoms. The lowest BCUT2D eigenvalue weighted by molar-refractivity contribution is -0.136. The van der Waals surface area contributed by atoms with Gasteiger partial charge in [-0.2, -0.15) is 0 Å². The smallest absolute Gasteiger partial charge is 0.228 e. The molecule has 0 N–H and O–H groups in total. The number of likely N-dealkylation sites (tertiary alicyclic amines) is 1. The van der Waals surface area contributed by atoms with Gasteiger partial charge in [0.1, 0.15) is 0 Å². The Balaban J connectivity index is 1.40. The minimum Gasteiger partial charge on any atom is -0.338 e. The predicted octanol–water partition coefficient (Wildman–Crippen LogP) is 2.08.